The molecule has 1 aromatic rings. The van der Waals surface area contributed by atoms with Gasteiger partial charge in [-0.2, -0.15) is 0 Å². The zero-order valence-electron chi connectivity index (χ0n) is 25.8. The van der Waals surface area contributed by atoms with Crippen molar-refractivity contribution in [2.75, 3.05) is 105 Å². The Labute approximate surface area is 266 Å². The Hall–Kier alpha value is -3.59. The molecular weight excluding hydrogens is 636 g/mol. The van der Waals surface area contributed by atoms with Crippen LogP contribution in [0.15, 0.2) is 19.9 Å². The van der Waals surface area contributed by atoms with E-state index in [1.54, 1.807) is 0 Å². The van der Waals surface area contributed by atoms with E-state index in [0.717, 1.165) is 6.26 Å². The maximum absolute atomic E-state index is 12.5. The minimum atomic E-state index is -3.74. The fourth-order valence-electron chi connectivity index (χ4n) is 3.27. The van der Waals surface area contributed by atoms with E-state index in [1.807, 2.05) is 0 Å². The van der Waals surface area contributed by atoms with E-state index in [9.17, 15) is 18.0 Å². The second-order valence-corrected chi connectivity index (χ2v) is 11.0. The first-order valence-electron chi connectivity index (χ1n) is 14.4. The molecule has 0 aliphatic carbocycles. The van der Waals surface area contributed by atoms with Gasteiger partial charge in [0, 0.05) is 35.7 Å². The molecule has 260 valence electrons. The van der Waals surface area contributed by atoms with Crippen molar-refractivity contribution in [2.24, 2.45) is 10.2 Å². The molecule has 0 saturated heterocycles. The average Bonchev–Trinajstić information content (AvgIpc) is 3.53. The van der Waals surface area contributed by atoms with Gasteiger partial charge in [-0.3, -0.25) is 9.59 Å². The predicted octanol–water partition coefficient (Wildman–Crippen LogP) is 0.637. The van der Waals surface area contributed by atoms with Crippen molar-refractivity contribution in [1.29, 1.82) is 0 Å². The summed E-state index contributed by atoms with van der Waals surface area (Å²) in [6, 6.07) is -0.784. The van der Waals surface area contributed by atoms with Gasteiger partial charge in [0.25, 0.3) is 0 Å². The molecule has 0 aliphatic heterocycles. The summed E-state index contributed by atoms with van der Waals surface area (Å²) in [6.07, 6.45) is 2.30. The monoisotopic (exact) mass is 678 g/mol. The van der Waals surface area contributed by atoms with Crippen molar-refractivity contribution in [2.45, 2.75) is 30.5 Å². The van der Waals surface area contributed by atoms with Crippen LogP contribution in [0.5, 0.6) is 0 Å². The highest BCUT2D eigenvalue weighted by atomic mass is 32.2. The number of unbranched alkanes of at least 4 members (excludes halogenated alkanes) is 1. The van der Waals surface area contributed by atoms with Crippen molar-refractivity contribution >= 4 is 21.7 Å². The molecule has 22 heteroatoms. The number of carbonyl (C=O) groups excluding carboxylic acids is 2. The number of nitrogens with zero attached hydrogens (tertiary/aromatic N) is 8. The minimum Gasteiger partial charge on any atom is -0.410 e. The van der Waals surface area contributed by atoms with Crippen molar-refractivity contribution < 1.29 is 50.8 Å². The van der Waals surface area contributed by atoms with Crippen LogP contribution in [0.1, 0.15) is 31.2 Å². The van der Waals surface area contributed by atoms with E-state index in [4.69, 9.17) is 43.9 Å². The van der Waals surface area contributed by atoms with Gasteiger partial charge in [0.15, 0.2) is 0 Å². The number of ether oxygens (including phenoxy) is 6. The number of amides is 2. The smallest absolute Gasteiger partial charge is 0.335 e. The van der Waals surface area contributed by atoms with Gasteiger partial charge in [0.05, 0.1) is 66.1 Å². The molecule has 0 spiro atoms. The second kappa shape index (κ2) is 26.6. The Morgan fingerprint density at radius 2 is 1.28 bits per heavy atom. The molecule has 46 heavy (non-hydrogen) atoms. The van der Waals surface area contributed by atoms with Crippen LogP contribution in [-0.2, 0) is 47.8 Å². The first-order valence-corrected chi connectivity index (χ1v) is 16.2. The lowest BCUT2D eigenvalue weighted by atomic mass is 10.1. The number of azide groups is 2. The topological polar surface area (TPSA) is 284 Å². The molecule has 1 unspecified atom stereocenters. The van der Waals surface area contributed by atoms with Gasteiger partial charge in [-0.15, -0.1) is 5.10 Å². The molecule has 2 amide bonds. The van der Waals surface area contributed by atoms with Crippen LogP contribution in [-0.4, -0.2) is 136 Å². The molecule has 1 rings (SSSR count). The molecule has 0 saturated carbocycles. The van der Waals surface area contributed by atoms with Crippen LogP contribution in [0.2, 0.25) is 0 Å². The number of nitrogens with one attached hydrogen (secondary N) is 2. The van der Waals surface area contributed by atoms with E-state index in [1.165, 1.54) is 0 Å². The standard InChI is InChI=1S/C24H42N10O11S/c1-46(37,38)24-32-31-23(45-24)20(30-22(36)19-44-17-15-42-13-11-40-9-7-29-34-26)4-2-3-5-27-21(35)18-43-16-14-41-12-10-39-8-6-28-33-25/h20H,2-19H2,1H3,(H,27,35)(H,30,36). The van der Waals surface area contributed by atoms with Crippen molar-refractivity contribution in [3.05, 3.63) is 26.8 Å². The summed E-state index contributed by atoms with van der Waals surface area (Å²) in [6.45, 7) is 3.19. The zero-order chi connectivity index (χ0) is 33.7. The lowest BCUT2D eigenvalue weighted by molar-refractivity contribution is -0.127. The minimum absolute atomic E-state index is 0.0723. The third-order valence-corrected chi connectivity index (χ3v) is 6.17. The maximum atomic E-state index is 12.5. The molecule has 2 N–H and O–H groups in total. The fraction of sp³-hybridized carbons (Fsp3) is 0.833. The van der Waals surface area contributed by atoms with E-state index < -0.39 is 27.0 Å². The number of sulfone groups is 1. The summed E-state index contributed by atoms with van der Waals surface area (Å²) in [4.78, 5) is 29.7. The van der Waals surface area contributed by atoms with Gasteiger partial charge in [0.1, 0.15) is 19.3 Å². The summed E-state index contributed by atoms with van der Waals surface area (Å²) in [5.41, 5.74) is 16.3. The van der Waals surface area contributed by atoms with Crippen LogP contribution in [0.3, 0.4) is 0 Å². The van der Waals surface area contributed by atoms with Gasteiger partial charge in [0.2, 0.25) is 27.5 Å². The van der Waals surface area contributed by atoms with Crippen LogP contribution >= 0.6 is 0 Å². The van der Waals surface area contributed by atoms with Gasteiger partial charge >= 0.3 is 5.22 Å². The Bertz CT molecular complexity index is 1190. The van der Waals surface area contributed by atoms with Crippen molar-refractivity contribution in [3.63, 3.8) is 0 Å². The van der Waals surface area contributed by atoms with Crippen molar-refractivity contribution in [1.82, 2.24) is 20.8 Å². The van der Waals surface area contributed by atoms with E-state index in [2.05, 4.69) is 40.9 Å². The Morgan fingerprint density at radius 1 is 0.783 bits per heavy atom. The fourth-order valence-corrected chi connectivity index (χ4v) is 3.69. The van der Waals surface area contributed by atoms with E-state index >= 15 is 0 Å². The Kier molecular flexibility index (Phi) is 23.4. The summed E-state index contributed by atoms with van der Waals surface area (Å²) >= 11 is 0. The maximum Gasteiger partial charge on any atom is 0.335 e. The summed E-state index contributed by atoms with van der Waals surface area (Å²) < 4.78 is 60.4. The van der Waals surface area contributed by atoms with Gasteiger partial charge in [-0.05, 0) is 30.3 Å². The van der Waals surface area contributed by atoms with Crippen LogP contribution in [0.25, 0.3) is 20.9 Å². The molecule has 1 aromatic heterocycles. The normalized spacial score (nSPS) is 11.8. The largest absolute Gasteiger partial charge is 0.410 e. The molecule has 0 aliphatic rings. The third kappa shape index (κ3) is 22.0. The summed E-state index contributed by atoms with van der Waals surface area (Å²) in [5.74, 6) is -0.866. The van der Waals surface area contributed by atoms with E-state index in [0.29, 0.717) is 65.4 Å². The average molecular weight is 679 g/mol. The molecule has 21 nitrogen and oxygen atoms in total. The highest BCUT2D eigenvalue weighted by Crippen LogP contribution is 2.20. The van der Waals surface area contributed by atoms with Crippen molar-refractivity contribution in [3.8, 4) is 0 Å². The highest BCUT2D eigenvalue weighted by Gasteiger charge is 2.24. The molecule has 0 bridgehead atoms. The number of rotatable bonds is 30. The molecule has 0 radical (unpaired) electrons. The zero-order valence-corrected chi connectivity index (χ0v) is 26.6. The first kappa shape index (κ1) is 40.4. The molecule has 1 heterocycles. The number of hydrogen-bond acceptors (Lipinski definition) is 15. The highest BCUT2D eigenvalue weighted by molar-refractivity contribution is 7.90. The Morgan fingerprint density at radius 3 is 1.78 bits per heavy atom. The summed E-state index contributed by atoms with van der Waals surface area (Å²) in [7, 11) is -3.74. The van der Waals surface area contributed by atoms with E-state index in [-0.39, 0.29) is 64.5 Å². The van der Waals surface area contributed by atoms with Gasteiger partial charge in [-0.25, -0.2) is 8.42 Å². The lowest BCUT2D eigenvalue weighted by Gasteiger charge is -2.15. The third-order valence-electron chi connectivity index (χ3n) is 5.37. The molecule has 0 fully saturated rings. The van der Waals surface area contributed by atoms with Crippen LogP contribution < -0.4 is 10.6 Å². The summed E-state index contributed by atoms with van der Waals surface area (Å²) in [5, 5.41) is 18.9. The molecule has 1 atom stereocenters. The lowest BCUT2D eigenvalue weighted by Crippen LogP contribution is -2.33. The quantitative estimate of drug-likeness (QED) is 0.0489. The first-order chi connectivity index (χ1) is 22.3. The van der Waals surface area contributed by atoms with Gasteiger partial charge < -0.3 is 43.5 Å². The number of aromatic nitrogens is 2. The Balaban J connectivity index is 2.29. The van der Waals surface area contributed by atoms with Crippen LogP contribution in [0, 0.1) is 0 Å². The molecular formula is C24H42N10O11S. The number of hydrogen-bond donors (Lipinski definition) is 2. The predicted molar refractivity (Wildman–Crippen MR) is 158 cm³/mol. The number of carbonyl (C=O) groups is 2. The SMILES string of the molecule is CS(=O)(=O)c1nnc(C(CCCCNC(=O)COCCOCCOCCN=[N+]=[N-])NC(=O)COCCOCCOCCN=[N+]=[N-])o1. The van der Waals surface area contributed by atoms with Gasteiger partial charge in [-0.1, -0.05) is 15.3 Å². The van der Waals surface area contributed by atoms with Crippen LogP contribution in [0.4, 0.5) is 0 Å². The molecule has 0 aromatic carbocycles. The second-order valence-electron chi connectivity index (χ2n) is 9.11.